The van der Waals surface area contributed by atoms with E-state index in [1.54, 1.807) is 0 Å². The van der Waals surface area contributed by atoms with Gasteiger partial charge in [-0.3, -0.25) is 38.4 Å². The van der Waals surface area contributed by atoms with Crippen molar-refractivity contribution in [2.75, 3.05) is 26.4 Å². The number of rotatable bonds is 31. The maximum absolute atomic E-state index is 11.9. The van der Waals surface area contributed by atoms with Crippen LogP contribution in [0.2, 0.25) is 0 Å². The molecule has 758 valence electrons. The summed E-state index contributed by atoms with van der Waals surface area (Å²) in [5.41, 5.74) is 7.19. The van der Waals surface area contributed by atoms with Crippen LogP contribution in [0.15, 0.2) is 158 Å². The first-order valence-corrected chi connectivity index (χ1v) is 53.1. The van der Waals surface area contributed by atoms with Gasteiger partial charge in [-0.1, -0.05) is 376 Å². The Morgan fingerprint density at radius 3 is 1.22 bits per heavy atom. The summed E-state index contributed by atoms with van der Waals surface area (Å²) in [5, 5.41) is 0. The molecule has 0 radical (unpaired) electrons. The molecular weight excluding hydrogens is 1700 g/mol. The Kier molecular flexibility index (Phi) is 52.7. The van der Waals surface area contributed by atoms with Gasteiger partial charge in [-0.05, 0) is 182 Å². The summed E-state index contributed by atoms with van der Waals surface area (Å²) in [6.07, 6.45) is 28.7. The molecule has 9 aliphatic rings. The molecule has 18 unspecified atom stereocenters. The molecule has 5 aromatic carbocycles. The molecule has 0 amide bonds. The molecule has 9 fully saturated rings. The summed E-state index contributed by atoms with van der Waals surface area (Å²) in [5.74, 6) is 7.94. The van der Waals surface area contributed by atoms with E-state index >= 15 is 0 Å². The van der Waals surface area contributed by atoms with Gasteiger partial charge < -0.3 is 42.6 Å². The lowest BCUT2D eigenvalue weighted by atomic mass is 9.81. The summed E-state index contributed by atoms with van der Waals surface area (Å²) >= 11 is 0. The van der Waals surface area contributed by atoms with E-state index in [0.717, 1.165) is 101 Å². The van der Waals surface area contributed by atoms with Gasteiger partial charge in [0.1, 0.15) is 30.5 Å². The highest BCUT2D eigenvalue weighted by Gasteiger charge is 2.45. The Balaban J connectivity index is 0.000000236. The fraction of sp³-hybridized carbons (Fsp3) is 0.664. The van der Waals surface area contributed by atoms with Crippen LogP contribution in [0.4, 0.5) is 0 Å². The first kappa shape index (κ1) is 116. The third-order valence-corrected chi connectivity index (χ3v) is 28.9. The highest BCUT2D eigenvalue weighted by atomic mass is 16.6. The average molecular weight is 1880 g/mol. The number of hydrogen-bond donors (Lipinski definition) is 0. The lowest BCUT2D eigenvalue weighted by Gasteiger charge is -2.37. The largest absolute Gasteiger partial charge is 0.498 e. The van der Waals surface area contributed by atoms with E-state index in [0.29, 0.717) is 96.8 Å². The number of unbranched alkanes of at least 4 members (excludes halogenated alkanes) is 7. The third-order valence-electron chi connectivity index (χ3n) is 28.9. The zero-order valence-corrected chi connectivity index (χ0v) is 88.1. The molecule has 0 bridgehead atoms. The number of carbonyl (C=O) groups is 8. The number of hydrogen-bond acceptors (Lipinski definition) is 17. The van der Waals surface area contributed by atoms with Gasteiger partial charge in [0, 0.05) is 30.1 Å². The Labute approximate surface area is 822 Å². The first-order chi connectivity index (χ1) is 65.0. The van der Waals surface area contributed by atoms with E-state index in [1.165, 1.54) is 106 Å². The maximum atomic E-state index is 11.9. The quantitative estimate of drug-likeness (QED) is 0.0229. The Bertz CT molecular complexity index is 4240. The molecule has 0 saturated carbocycles. The highest BCUT2D eigenvalue weighted by molar-refractivity contribution is 5.80. The van der Waals surface area contributed by atoms with Gasteiger partial charge in [0.05, 0.1) is 79.5 Å². The van der Waals surface area contributed by atoms with Crippen molar-refractivity contribution in [3.05, 3.63) is 180 Å². The smallest absolute Gasteiger partial charge is 0.313 e. The van der Waals surface area contributed by atoms with Crippen molar-refractivity contribution in [3.63, 3.8) is 0 Å². The number of esters is 8. The fourth-order valence-corrected chi connectivity index (χ4v) is 20.1. The van der Waals surface area contributed by atoms with Crippen molar-refractivity contribution in [1.29, 1.82) is 0 Å². The number of ether oxygens (including phenoxy) is 9. The molecule has 0 spiro atoms. The van der Waals surface area contributed by atoms with Crippen molar-refractivity contribution in [2.45, 2.75) is 362 Å². The molecular formula is C119H180O17. The molecule has 9 heterocycles. The van der Waals surface area contributed by atoms with Crippen molar-refractivity contribution >= 4 is 47.8 Å². The zero-order chi connectivity index (χ0) is 100. The van der Waals surface area contributed by atoms with Crippen LogP contribution < -0.4 is 0 Å². The van der Waals surface area contributed by atoms with Crippen LogP contribution in [0.1, 0.15) is 366 Å². The SMILES string of the molecule is C=C1OCC(c2ccccc2)CC1C(C)C.CC(C)C1C(=O)OCC1c1cccc(-c2ccccc2)c1.CC(C)C1CC(c2ccccc2)OC1=O.CC(C)C1CCC(c2ccccc2)OC1=O.CCCC1CCC(C(C)C)C(=O)O1.CCCCC1COC(=O)C(C(C)C)C1.CCCCCC1CC(C(C)C)C(=O)O1.CCCCCC1COC(=O)C1C(C)C.CCCCCC1OC(=O)C1C(C)C. The Morgan fingerprint density at radius 1 is 0.287 bits per heavy atom. The van der Waals surface area contributed by atoms with Crippen LogP contribution in [0.3, 0.4) is 0 Å². The first-order valence-electron chi connectivity index (χ1n) is 53.1. The minimum atomic E-state index is -0.0554. The zero-order valence-electron chi connectivity index (χ0n) is 88.1. The Hall–Kier alpha value is -8.60. The molecule has 136 heavy (non-hydrogen) atoms. The van der Waals surface area contributed by atoms with Crippen LogP contribution in [0, 0.1) is 118 Å². The monoisotopic (exact) mass is 1880 g/mol. The van der Waals surface area contributed by atoms with Crippen molar-refractivity contribution in [3.8, 4) is 11.1 Å². The van der Waals surface area contributed by atoms with E-state index in [1.807, 2.05) is 78.9 Å². The summed E-state index contributed by atoms with van der Waals surface area (Å²) < 4.78 is 48.1. The maximum Gasteiger partial charge on any atom is 0.313 e. The second-order valence-corrected chi connectivity index (χ2v) is 42.7. The lowest BCUT2D eigenvalue weighted by Crippen LogP contribution is -2.47. The van der Waals surface area contributed by atoms with Gasteiger partial charge in [-0.15, -0.1) is 0 Å². The van der Waals surface area contributed by atoms with Gasteiger partial charge in [-0.2, -0.15) is 0 Å². The van der Waals surface area contributed by atoms with Gasteiger partial charge in [-0.25, -0.2) is 0 Å². The van der Waals surface area contributed by atoms with E-state index < -0.39 is 0 Å². The molecule has 0 aliphatic carbocycles. The van der Waals surface area contributed by atoms with Crippen LogP contribution in [-0.4, -0.2) is 92.5 Å². The summed E-state index contributed by atoms with van der Waals surface area (Å²) in [7, 11) is 0. The lowest BCUT2D eigenvalue weighted by molar-refractivity contribution is -0.190. The van der Waals surface area contributed by atoms with Crippen LogP contribution in [-0.2, 0) is 81.0 Å². The summed E-state index contributed by atoms with van der Waals surface area (Å²) in [6, 6.07) is 49.4. The van der Waals surface area contributed by atoms with Gasteiger partial charge >= 0.3 is 47.8 Å². The van der Waals surface area contributed by atoms with Crippen LogP contribution >= 0.6 is 0 Å². The molecule has 17 heteroatoms. The number of benzene rings is 5. The Morgan fingerprint density at radius 2 is 0.721 bits per heavy atom. The standard InChI is InChI=1S/C19H20O2.C15H20O.C14H18O2.C13H16O2.3C12H22O2.2C11H20O2/c1-13(2)18-17(12-21-19(18)20)16-10-6-9-15(11-16)14-7-4-3-5-8-14;1-11(2)15-9-14(10-16-12(15)3)13-7-5-4-6-8-13;1-10(2)12-8-9-13(16-14(12)15)11-6-4-3-5-7-11;1-9(2)11-8-12(15-13(11)14)10-6-4-3-5-7-10;1-4-5-6-10-7-11(9(2)3)12(13)14-8-10;1-4-5-6-7-10-8-14-12(13)11(10)9(2)3;1-4-5-6-7-10-8-11(9(2)3)12(13)14-10;1-4-5-9-6-7-10(8(2)3)11(12)13-9;1-4-5-6-7-9-10(8(2)3)11(12)13-9/h3-11,13,17-18H,12H2,1-2H3;4-8,11,14-15H,3,9-10H2,1-2H3;3-7,10,12-13H,8-9H2,1-2H3;3-7,9,11-12H,8H2,1-2H3;3*9-11H,4-8H2,1-3H3;2*8-10H,4-7H2,1-3H3. The van der Waals surface area contributed by atoms with Crippen molar-refractivity contribution < 1.29 is 81.0 Å². The van der Waals surface area contributed by atoms with Crippen LogP contribution in [0.5, 0.6) is 0 Å². The molecule has 17 nitrogen and oxygen atoms in total. The highest BCUT2D eigenvalue weighted by Crippen LogP contribution is 2.43. The summed E-state index contributed by atoms with van der Waals surface area (Å²) in [4.78, 5) is 92.2. The van der Waals surface area contributed by atoms with Gasteiger partial charge in [0.25, 0.3) is 0 Å². The van der Waals surface area contributed by atoms with Crippen molar-refractivity contribution in [2.24, 2.45) is 118 Å². The molecule has 0 aromatic heterocycles. The van der Waals surface area contributed by atoms with E-state index in [2.05, 4.69) is 233 Å². The topological polar surface area (TPSA) is 220 Å². The van der Waals surface area contributed by atoms with E-state index in [4.69, 9.17) is 42.6 Å². The van der Waals surface area contributed by atoms with Gasteiger partial charge in [0.15, 0.2) is 0 Å². The second kappa shape index (κ2) is 61.8. The molecule has 18 atom stereocenters. The molecule has 9 aliphatic heterocycles. The minimum Gasteiger partial charge on any atom is -0.498 e. The molecule has 9 saturated heterocycles. The second-order valence-electron chi connectivity index (χ2n) is 42.7. The predicted molar refractivity (Wildman–Crippen MR) is 548 cm³/mol. The number of allylic oxidation sites excluding steroid dienone is 1. The van der Waals surface area contributed by atoms with Crippen molar-refractivity contribution in [1.82, 2.24) is 0 Å². The average Bonchev–Trinajstić information content (AvgIpc) is 1.76. The number of carbonyl (C=O) groups excluding carboxylic acids is 8. The molecule has 0 N–H and O–H groups in total. The normalized spacial score (nSPS) is 26.0. The van der Waals surface area contributed by atoms with E-state index in [-0.39, 0.29) is 132 Å². The summed E-state index contributed by atoms with van der Waals surface area (Å²) in [6.45, 7) is 55.5. The predicted octanol–water partition coefficient (Wildman–Crippen LogP) is 29.2. The minimum absolute atomic E-state index is 0.0106. The molecule has 5 aromatic rings. The fourth-order valence-electron chi connectivity index (χ4n) is 20.1. The van der Waals surface area contributed by atoms with E-state index in [9.17, 15) is 38.4 Å². The third kappa shape index (κ3) is 38.2. The number of cyclic esters (lactones) is 8. The molecule has 14 rings (SSSR count). The van der Waals surface area contributed by atoms with Gasteiger partial charge in [0.2, 0.25) is 0 Å². The van der Waals surface area contributed by atoms with Crippen LogP contribution in [0.25, 0.3) is 11.1 Å².